The fraction of sp³-hybridized carbons (Fsp3) is 0.353. The maximum Gasteiger partial charge on any atom is 0.327 e. The van der Waals surface area contributed by atoms with E-state index < -0.39 is 23.3 Å². The van der Waals surface area contributed by atoms with E-state index in [0.29, 0.717) is 11.3 Å². The van der Waals surface area contributed by atoms with Crippen LogP contribution in [0.5, 0.6) is 5.75 Å². The van der Waals surface area contributed by atoms with E-state index in [1.54, 1.807) is 24.3 Å². The maximum absolute atomic E-state index is 12.7. The van der Waals surface area contributed by atoms with Gasteiger partial charge in [0.05, 0.1) is 7.11 Å². The monoisotopic (exact) mass is 363 g/mol. The molecule has 0 unspecified atom stereocenters. The molecular weight excluding hydrogens is 346 g/mol. The Morgan fingerprint density at radius 3 is 2.60 bits per heavy atom. The minimum Gasteiger partial charge on any atom is -0.497 e. The van der Waals surface area contributed by atoms with Gasteiger partial charge in [-0.05, 0) is 24.3 Å². The van der Waals surface area contributed by atoms with Gasteiger partial charge in [0.25, 0.3) is 5.91 Å². The Bertz CT molecular complexity index is 696. The summed E-state index contributed by atoms with van der Waals surface area (Å²) in [6, 6.07) is 5.33. The Hall–Kier alpha value is -2.50. The highest BCUT2D eigenvalue weighted by molar-refractivity contribution is 8.00. The Balaban J connectivity index is 2.20. The Labute approximate surface area is 149 Å². The van der Waals surface area contributed by atoms with Gasteiger partial charge in [0, 0.05) is 11.3 Å². The van der Waals surface area contributed by atoms with Crippen LogP contribution >= 0.6 is 11.8 Å². The molecule has 1 heterocycles. The lowest BCUT2D eigenvalue weighted by atomic mass is 10.1. The number of terminal acetylenes is 1. The van der Waals surface area contributed by atoms with Crippen LogP contribution in [0, 0.1) is 12.3 Å². The average Bonchev–Trinajstić information content (AvgIpc) is 3.06. The molecule has 1 aromatic carbocycles. The van der Waals surface area contributed by atoms with Gasteiger partial charge >= 0.3 is 5.97 Å². The first kappa shape index (κ1) is 18.8. The molecular formula is C17H17NO6S. The molecule has 0 radical (unpaired) electrons. The summed E-state index contributed by atoms with van der Waals surface area (Å²) in [7, 11) is 1.51. The van der Waals surface area contributed by atoms with Crippen molar-refractivity contribution >= 4 is 29.4 Å². The number of ketones is 1. The molecule has 1 aromatic rings. The second kappa shape index (κ2) is 8.55. The first-order valence-corrected chi connectivity index (χ1v) is 8.39. The molecule has 1 aliphatic rings. The van der Waals surface area contributed by atoms with E-state index in [4.69, 9.17) is 15.9 Å². The Morgan fingerprint density at radius 1 is 1.36 bits per heavy atom. The highest BCUT2D eigenvalue weighted by Crippen LogP contribution is 2.32. The fourth-order valence-corrected chi connectivity index (χ4v) is 3.75. The highest BCUT2D eigenvalue weighted by Gasteiger charge is 2.45. The minimum absolute atomic E-state index is 0.0679. The summed E-state index contributed by atoms with van der Waals surface area (Å²) in [5.41, 5.74) is 0.367. The summed E-state index contributed by atoms with van der Waals surface area (Å²) in [5, 5.41) is 8.41. The topological polar surface area (TPSA) is 93.1 Å². The van der Waals surface area contributed by atoms with Crippen molar-refractivity contribution in [3.63, 3.8) is 0 Å². The molecule has 1 fully saturated rings. The molecule has 7 nitrogen and oxygen atoms in total. The zero-order valence-corrected chi connectivity index (χ0v) is 14.3. The normalized spacial score (nSPS) is 19.3. The van der Waals surface area contributed by atoms with Gasteiger partial charge in [-0.3, -0.25) is 9.59 Å². The zero-order valence-electron chi connectivity index (χ0n) is 13.5. The van der Waals surface area contributed by atoms with Crippen LogP contribution in [0.4, 0.5) is 0 Å². The molecule has 0 aromatic heterocycles. The smallest absolute Gasteiger partial charge is 0.327 e. The molecule has 1 aliphatic heterocycles. The van der Waals surface area contributed by atoms with E-state index in [9.17, 15) is 19.5 Å². The van der Waals surface area contributed by atoms with E-state index in [2.05, 4.69) is 5.92 Å². The summed E-state index contributed by atoms with van der Waals surface area (Å²) < 4.78 is 10.0. The zero-order chi connectivity index (χ0) is 18.4. The number of ether oxygens (including phenoxy) is 2. The van der Waals surface area contributed by atoms with Gasteiger partial charge in [-0.25, -0.2) is 4.79 Å². The van der Waals surface area contributed by atoms with Crippen LogP contribution in [0.25, 0.3) is 0 Å². The molecule has 2 rings (SSSR count). The first-order valence-electron chi connectivity index (χ1n) is 7.34. The summed E-state index contributed by atoms with van der Waals surface area (Å²) in [5.74, 6) is 0.852. The second-order valence-corrected chi connectivity index (χ2v) is 6.24. The second-order valence-electron chi connectivity index (χ2n) is 5.13. The number of rotatable bonds is 7. The van der Waals surface area contributed by atoms with Crippen molar-refractivity contribution in [3.8, 4) is 18.1 Å². The highest BCUT2D eigenvalue weighted by atomic mass is 32.2. The van der Waals surface area contributed by atoms with Gasteiger partial charge in [-0.2, -0.15) is 0 Å². The van der Waals surface area contributed by atoms with Crippen molar-refractivity contribution in [2.75, 3.05) is 26.1 Å². The number of hydrogen-bond donors (Lipinski definition) is 1. The molecule has 2 atom stereocenters. The number of methoxy groups -OCH3 is 1. The predicted octanol–water partition coefficient (Wildman–Crippen LogP) is 0.882. The van der Waals surface area contributed by atoms with Gasteiger partial charge in [0.1, 0.15) is 30.4 Å². The Morgan fingerprint density at radius 2 is 2.04 bits per heavy atom. The lowest BCUT2D eigenvalue weighted by Gasteiger charge is -2.26. The molecule has 8 heteroatoms. The number of carbonyl (C=O) groups is 3. The van der Waals surface area contributed by atoms with Crippen molar-refractivity contribution in [3.05, 3.63) is 29.8 Å². The van der Waals surface area contributed by atoms with Crippen LogP contribution in [0.3, 0.4) is 0 Å². The number of carbonyl (C=O) groups excluding carboxylic acids is 2. The van der Waals surface area contributed by atoms with E-state index >= 15 is 0 Å². The van der Waals surface area contributed by atoms with Crippen LogP contribution in [0.1, 0.15) is 10.4 Å². The average molecular weight is 363 g/mol. The molecule has 1 saturated heterocycles. The maximum atomic E-state index is 12.7. The molecule has 1 N–H and O–H groups in total. The third kappa shape index (κ3) is 4.32. The van der Waals surface area contributed by atoms with Crippen molar-refractivity contribution in [2.45, 2.75) is 11.4 Å². The summed E-state index contributed by atoms with van der Waals surface area (Å²) in [6.07, 6.45) is 5.06. The molecule has 132 valence electrons. The third-order valence-corrected chi connectivity index (χ3v) is 4.85. The van der Waals surface area contributed by atoms with Crippen molar-refractivity contribution in [1.82, 2.24) is 4.90 Å². The number of nitrogens with zero attached hydrogens (tertiary/aromatic N) is 1. The lowest BCUT2D eigenvalue weighted by molar-refractivity contribution is -0.150. The number of amides is 1. The van der Waals surface area contributed by atoms with Gasteiger partial charge < -0.3 is 19.5 Å². The first-order chi connectivity index (χ1) is 12.0. The van der Waals surface area contributed by atoms with E-state index in [1.165, 1.54) is 7.11 Å². The summed E-state index contributed by atoms with van der Waals surface area (Å²) in [4.78, 5) is 37.6. The number of benzene rings is 1. The number of Topliss-reactive ketones (excluding diaryl/α,β-unsaturated/α-hetero) is 1. The largest absolute Gasteiger partial charge is 0.497 e. The number of hydrogen-bond acceptors (Lipinski definition) is 6. The van der Waals surface area contributed by atoms with Gasteiger partial charge in [-0.1, -0.05) is 5.92 Å². The Kier molecular flexibility index (Phi) is 6.44. The van der Waals surface area contributed by atoms with Crippen LogP contribution in [-0.2, 0) is 14.3 Å². The van der Waals surface area contributed by atoms with Gasteiger partial charge in [0.15, 0.2) is 5.78 Å². The molecule has 0 saturated carbocycles. The van der Waals surface area contributed by atoms with Crippen LogP contribution in [0.2, 0.25) is 0 Å². The quantitative estimate of drug-likeness (QED) is 0.437. The molecule has 25 heavy (non-hydrogen) atoms. The lowest BCUT2D eigenvalue weighted by Crippen LogP contribution is -2.49. The predicted molar refractivity (Wildman–Crippen MR) is 91.5 cm³/mol. The van der Waals surface area contributed by atoms with Crippen LogP contribution in [-0.4, -0.2) is 65.2 Å². The van der Waals surface area contributed by atoms with Crippen molar-refractivity contribution < 1.29 is 29.0 Å². The third-order valence-electron chi connectivity index (χ3n) is 3.58. The van der Waals surface area contributed by atoms with Gasteiger partial charge in [-0.15, -0.1) is 18.2 Å². The van der Waals surface area contributed by atoms with Gasteiger partial charge in [0.2, 0.25) is 0 Å². The number of carboxylic acids is 1. The number of carboxylic acid groups (broad SMARTS) is 1. The SMILES string of the molecule is C#CCOCC(=O)N1[C@H](C(=O)O)CS[C@H]1C(=O)c1ccc(OC)cc1. The molecule has 0 spiro atoms. The van der Waals surface area contributed by atoms with Crippen molar-refractivity contribution in [1.29, 1.82) is 0 Å². The fourth-order valence-electron chi connectivity index (χ4n) is 2.37. The van der Waals surface area contributed by atoms with E-state index in [1.807, 2.05) is 0 Å². The molecule has 0 aliphatic carbocycles. The summed E-state index contributed by atoms with van der Waals surface area (Å²) in [6.45, 7) is -0.442. The van der Waals surface area contributed by atoms with Crippen LogP contribution < -0.4 is 4.74 Å². The number of aliphatic carboxylic acids is 1. The molecule has 1 amide bonds. The van der Waals surface area contributed by atoms with E-state index in [0.717, 1.165) is 16.7 Å². The van der Waals surface area contributed by atoms with E-state index in [-0.39, 0.29) is 24.7 Å². The molecule has 0 bridgehead atoms. The van der Waals surface area contributed by atoms with Crippen LogP contribution in [0.15, 0.2) is 24.3 Å². The summed E-state index contributed by atoms with van der Waals surface area (Å²) >= 11 is 1.11. The standard InChI is InChI=1S/C17H17NO6S/c1-3-8-24-9-14(19)18-13(17(21)22)10-25-16(18)15(20)11-4-6-12(23-2)7-5-11/h1,4-7,13,16H,8-10H2,2H3,(H,21,22)/t13-,16-/m0/s1. The van der Waals surface area contributed by atoms with Crippen molar-refractivity contribution in [2.24, 2.45) is 0 Å². The number of thioether (sulfide) groups is 1. The minimum atomic E-state index is -1.16.